The van der Waals surface area contributed by atoms with Gasteiger partial charge < -0.3 is 9.84 Å². The summed E-state index contributed by atoms with van der Waals surface area (Å²) in [7, 11) is 0. The molecular formula is C14H22O2. The van der Waals surface area contributed by atoms with Crippen molar-refractivity contribution in [3.63, 3.8) is 0 Å². The molecule has 0 fully saturated rings. The molecule has 0 aliphatic heterocycles. The van der Waals surface area contributed by atoms with E-state index in [1.807, 2.05) is 26.0 Å². The molecule has 90 valence electrons. The van der Waals surface area contributed by atoms with E-state index in [1.54, 1.807) is 0 Å². The molecule has 0 bridgehead atoms. The van der Waals surface area contributed by atoms with Crippen molar-refractivity contribution in [2.24, 2.45) is 0 Å². The van der Waals surface area contributed by atoms with Gasteiger partial charge in [0.2, 0.25) is 0 Å². The van der Waals surface area contributed by atoms with Crippen LogP contribution in [0.25, 0.3) is 0 Å². The molecule has 0 aromatic heterocycles. The number of rotatable bonds is 5. The average molecular weight is 222 g/mol. The van der Waals surface area contributed by atoms with Gasteiger partial charge in [-0.1, -0.05) is 26.0 Å². The summed E-state index contributed by atoms with van der Waals surface area (Å²) in [5, 5.41) is 8.94. The topological polar surface area (TPSA) is 29.5 Å². The van der Waals surface area contributed by atoms with Gasteiger partial charge in [-0.15, -0.1) is 0 Å². The van der Waals surface area contributed by atoms with E-state index in [4.69, 9.17) is 9.84 Å². The fourth-order valence-electron chi connectivity index (χ4n) is 1.58. The zero-order valence-electron chi connectivity index (χ0n) is 10.7. The summed E-state index contributed by atoms with van der Waals surface area (Å²) in [5.74, 6) is 1.38. The monoisotopic (exact) mass is 222 g/mol. The van der Waals surface area contributed by atoms with E-state index in [9.17, 15) is 0 Å². The van der Waals surface area contributed by atoms with Crippen LogP contribution in [0, 0.1) is 0 Å². The van der Waals surface area contributed by atoms with Crippen LogP contribution in [0.15, 0.2) is 24.3 Å². The van der Waals surface area contributed by atoms with Crippen molar-refractivity contribution < 1.29 is 9.84 Å². The Morgan fingerprint density at radius 1 is 1.31 bits per heavy atom. The second kappa shape index (κ2) is 5.35. The van der Waals surface area contributed by atoms with Crippen LogP contribution in [-0.4, -0.2) is 17.3 Å². The maximum atomic E-state index is 8.94. The maximum absolute atomic E-state index is 8.94. The molecule has 1 aromatic carbocycles. The molecule has 1 aromatic rings. The summed E-state index contributed by atoms with van der Waals surface area (Å²) < 4.78 is 5.87. The van der Waals surface area contributed by atoms with Crippen molar-refractivity contribution in [3.8, 4) is 5.75 Å². The summed E-state index contributed by atoms with van der Waals surface area (Å²) in [5.41, 5.74) is 0.960. The quantitative estimate of drug-likeness (QED) is 0.828. The van der Waals surface area contributed by atoms with E-state index >= 15 is 0 Å². The lowest BCUT2D eigenvalue weighted by molar-refractivity contribution is 0.0764. The molecule has 0 saturated heterocycles. The number of ether oxygens (including phenoxy) is 1. The van der Waals surface area contributed by atoms with Gasteiger partial charge in [-0.25, -0.2) is 0 Å². The molecule has 0 atom stereocenters. The molecule has 0 aliphatic carbocycles. The third kappa shape index (κ3) is 3.86. The second-order valence-corrected chi connectivity index (χ2v) is 5.06. The normalized spacial score (nSPS) is 11.9. The second-order valence-electron chi connectivity index (χ2n) is 5.06. The fourth-order valence-corrected chi connectivity index (χ4v) is 1.58. The molecule has 0 saturated carbocycles. The van der Waals surface area contributed by atoms with Gasteiger partial charge in [-0.2, -0.15) is 0 Å². The summed E-state index contributed by atoms with van der Waals surface area (Å²) in [6.45, 7) is 8.46. The highest BCUT2D eigenvalue weighted by Crippen LogP contribution is 2.24. The van der Waals surface area contributed by atoms with E-state index in [1.165, 1.54) is 5.56 Å². The Hall–Kier alpha value is -1.02. The molecule has 0 radical (unpaired) electrons. The number of hydrogen-bond donors (Lipinski definition) is 1. The van der Waals surface area contributed by atoms with E-state index in [-0.39, 0.29) is 12.2 Å². The number of aliphatic hydroxyl groups excluding tert-OH is 1. The minimum Gasteiger partial charge on any atom is -0.488 e. The van der Waals surface area contributed by atoms with Gasteiger partial charge in [0.05, 0.1) is 0 Å². The Labute approximate surface area is 98.3 Å². The largest absolute Gasteiger partial charge is 0.488 e. The highest BCUT2D eigenvalue weighted by molar-refractivity contribution is 5.30. The number of hydrogen-bond acceptors (Lipinski definition) is 2. The first-order chi connectivity index (χ1) is 7.44. The molecule has 16 heavy (non-hydrogen) atoms. The van der Waals surface area contributed by atoms with Crippen LogP contribution in [-0.2, 0) is 0 Å². The Balaban J connectivity index is 2.77. The van der Waals surface area contributed by atoms with E-state index in [2.05, 4.69) is 26.0 Å². The van der Waals surface area contributed by atoms with Crippen LogP contribution in [0.1, 0.15) is 45.6 Å². The van der Waals surface area contributed by atoms with Crippen LogP contribution in [0.3, 0.4) is 0 Å². The molecule has 0 spiro atoms. The molecular weight excluding hydrogens is 200 g/mol. The first kappa shape index (κ1) is 13.0. The fraction of sp³-hybridized carbons (Fsp3) is 0.571. The first-order valence-corrected chi connectivity index (χ1v) is 5.84. The Morgan fingerprint density at radius 2 is 2.00 bits per heavy atom. The third-order valence-corrected chi connectivity index (χ3v) is 2.63. The lowest BCUT2D eigenvalue weighted by Gasteiger charge is -2.26. The highest BCUT2D eigenvalue weighted by atomic mass is 16.5. The summed E-state index contributed by atoms with van der Waals surface area (Å²) in [4.78, 5) is 0. The lowest BCUT2D eigenvalue weighted by atomic mass is 10.0. The Kier molecular flexibility index (Phi) is 4.36. The molecule has 2 nitrogen and oxygen atoms in total. The van der Waals surface area contributed by atoms with Gasteiger partial charge in [-0.05, 0) is 37.5 Å². The van der Waals surface area contributed by atoms with Crippen molar-refractivity contribution in [1.82, 2.24) is 0 Å². The molecule has 2 heteroatoms. The molecule has 0 heterocycles. The van der Waals surface area contributed by atoms with Crippen LogP contribution in [0.5, 0.6) is 5.75 Å². The highest BCUT2D eigenvalue weighted by Gasteiger charge is 2.19. The molecule has 0 aliphatic rings. The lowest BCUT2D eigenvalue weighted by Crippen LogP contribution is -2.29. The van der Waals surface area contributed by atoms with Crippen LogP contribution >= 0.6 is 0 Å². The van der Waals surface area contributed by atoms with Crippen molar-refractivity contribution in [1.29, 1.82) is 0 Å². The van der Waals surface area contributed by atoms with E-state index in [0.29, 0.717) is 12.3 Å². The minimum atomic E-state index is -0.315. The molecule has 1 N–H and O–H groups in total. The first-order valence-electron chi connectivity index (χ1n) is 5.84. The molecule has 0 amide bonds. The summed E-state index contributed by atoms with van der Waals surface area (Å²) in [6.07, 6.45) is 0.638. The van der Waals surface area contributed by atoms with Gasteiger partial charge >= 0.3 is 0 Å². The summed E-state index contributed by atoms with van der Waals surface area (Å²) in [6, 6.07) is 8.16. The Bertz CT molecular complexity index is 329. The smallest absolute Gasteiger partial charge is 0.120 e. The van der Waals surface area contributed by atoms with Crippen molar-refractivity contribution in [3.05, 3.63) is 29.8 Å². The van der Waals surface area contributed by atoms with Gasteiger partial charge in [0, 0.05) is 13.0 Å². The van der Waals surface area contributed by atoms with Gasteiger partial charge in [-0.3, -0.25) is 0 Å². The predicted molar refractivity (Wildman–Crippen MR) is 66.9 cm³/mol. The maximum Gasteiger partial charge on any atom is 0.120 e. The van der Waals surface area contributed by atoms with E-state index in [0.717, 1.165) is 5.75 Å². The van der Waals surface area contributed by atoms with Crippen molar-refractivity contribution in [2.75, 3.05) is 6.61 Å². The van der Waals surface area contributed by atoms with Crippen molar-refractivity contribution in [2.45, 2.75) is 45.6 Å². The van der Waals surface area contributed by atoms with Gasteiger partial charge in [0.15, 0.2) is 0 Å². The average Bonchev–Trinajstić information content (AvgIpc) is 2.17. The third-order valence-electron chi connectivity index (χ3n) is 2.63. The predicted octanol–water partition coefficient (Wildman–Crippen LogP) is 3.35. The van der Waals surface area contributed by atoms with Gasteiger partial charge in [0.1, 0.15) is 11.4 Å². The summed E-state index contributed by atoms with van der Waals surface area (Å²) >= 11 is 0. The Morgan fingerprint density at radius 3 is 2.56 bits per heavy atom. The zero-order valence-corrected chi connectivity index (χ0v) is 10.7. The minimum absolute atomic E-state index is 0.150. The standard InChI is InChI=1S/C14H22O2/c1-11(2)12-6-5-7-13(10-12)16-14(3,4)8-9-15/h5-7,10-11,15H,8-9H2,1-4H3. The van der Waals surface area contributed by atoms with Gasteiger partial charge in [0.25, 0.3) is 0 Å². The zero-order chi connectivity index (χ0) is 12.2. The van der Waals surface area contributed by atoms with E-state index < -0.39 is 0 Å². The van der Waals surface area contributed by atoms with Crippen LogP contribution < -0.4 is 4.74 Å². The number of aliphatic hydroxyl groups is 1. The van der Waals surface area contributed by atoms with Crippen LogP contribution in [0.2, 0.25) is 0 Å². The van der Waals surface area contributed by atoms with Crippen molar-refractivity contribution >= 4 is 0 Å². The van der Waals surface area contributed by atoms with Crippen LogP contribution in [0.4, 0.5) is 0 Å². The SMILES string of the molecule is CC(C)c1cccc(OC(C)(C)CCO)c1. The number of benzene rings is 1. The molecule has 1 rings (SSSR count). The molecule has 0 unspecified atom stereocenters.